The van der Waals surface area contributed by atoms with Gasteiger partial charge in [-0.1, -0.05) is 50.5 Å². The molecule has 4 atom stereocenters. The number of ether oxygens (including phenoxy) is 1. The normalized spacial score (nSPS) is 20.3. The number of rotatable bonds is 14. The number of phosphoric ester groups is 1. The van der Waals surface area contributed by atoms with Crippen LogP contribution in [0.15, 0.2) is 35.9 Å². The number of thioether (sulfide) groups is 1. The van der Waals surface area contributed by atoms with Crippen molar-refractivity contribution in [1.29, 1.82) is 0 Å². The average Bonchev–Trinajstić information content (AvgIpc) is 2.77. The minimum Gasteiger partial charge on any atom is -0.507 e. The number of carbonyl (C=O) groups is 1. The number of esters is 1. The number of phenolic OH excluding ortho intramolecular Hbond substituents is 1. The van der Waals surface area contributed by atoms with Crippen LogP contribution in [0.25, 0.3) is 0 Å². The molecule has 2 N–H and O–H groups in total. The van der Waals surface area contributed by atoms with Crippen molar-refractivity contribution in [3.63, 3.8) is 0 Å². The van der Waals surface area contributed by atoms with Gasteiger partial charge in [0.25, 0.3) is 0 Å². The third kappa shape index (κ3) is 9.60. The number of hydrogen-bond donors (Lipinski definition) is 2. The summed E-state index contributed by atoms with van der Waals surface area (Å²) >= 11 is 1.03. The fourth-order valence-electron chi connectivity index (χ4n) is 4.58. The minimum absolute atomic E-state index is 0.0654. The molecule has 1 aliphatic carbocycles. The van der Waals surface area contributed by atoms with Crippen LogP contribution >= 0.6 is 19.6 Å². The maximum absolute atomic E-state index is 13.3. The molecule has 0 bridgehead atoms. The van der Waals surface area contributed by atoms with E-state index in [1.54, 1.807) is 32.9 Å². The van der Waals surface area contributed by atoms with Gasteiger partial charge in [-0.15, -0.1) is 11.8 Å². The van der Waals surface area contributed by atoms with Crippen molar-refractivity contribution < 1.29 is 33.1 Å². The van der Waals surface area contributed by atoms with Crippen molar-refractivity contribution in [1.82, 2.24) is 0 Å². The molecule has 208 valence electrons. The molecule has 1 aliphatic rings. The minimum atomic E-state index is -4.49. The SMILES string of the molecule is C=C(C)[C@@H]1CCC(C)=C[C@H]1c1c(O)cc(CCCCC)cc1OC(=O)C(OP(=O)(O)OC(C)C)SCC. The Kier molecular flexibility index (Phi) is 12.4. The van der Waals surface area contributed by atoms with Gasteiger partial charge in [-0.3, -0.25) is 9.05 Å². The van der Waals surface area contributed by atoms with Gasteiger partial charge in [0.1, 0.15) is 11.5 Å². The summed E-state index contributed by atoms with van der Waals surface area (Å²) in [6.45, 7) is 15.3. The summed E-state index contributed by atoms with van der Waals surface area (Å²) in [6, 6.07) is 3.55. The summed E-state index contributed by atoms with van der Waals surface area (Å²) in [5, 5.41) is 11.2. The third-order valence-electron chi connectivity index (χ3n) is 6.26. The van der Waals surface area contributed by atoms with E-state index < -0.39 is 25.3 Å². The molecule has 0 amide bonds. The lowest BCUT2D eigenvalue weighted by Gasteiger charge is -2.32. The molecule has 37 heavy (non-hydrogen) atoms. The molecule has 2 unspecified atom stereocenters. The zero-order valence-corrected chi connectivity index (χ0v) is 24.7. The molecule has 0 spiro atoms. The topological polar surface area (TPSA) is 102 Å². The number of unbranched alkanes of at least 4 members (excludes halogenated alkanes) is 2. The molecular formula is C28H43O7PS. The number of hydrogen-bond acceptors (Lipinski definition) is 7. The zero-order chi connectivity index (χ0) is 27.8. The zero-order valence-electron chi connectivity index (χ0n) is 23.0. The van der Waals surface area contributed by atoms with Crippen LogP contribution in [-0.2, 0) is 24.8 Å². The van der Waals surface area contributed by atoms with Gasteiger partial charge in [-0.25, -0.2) is 9.36 Å². The average molecular weight is 555 g/mol. The van der Waals surface area contributed by atoms with Gasteiger partial charge in [0.05, 0.1) is 6.10 Å². The number of aromatic hydroxyl groups is 1. The van der Waals surface area contributed by atoms with Crippen LogP contribution in [0.3, 0.4) is 0 Å². The van der Waals surface area contributed by atoms with Crippen LogP contribution in [0.2, 0.25) is 0 Å². The molecule has 9 heteroatoms. The Bertz CT molecular complexity index is 1020. The van der Waals surface area contributed by atoms with Crippen molar-refractivity contribution in [2.75, 3.05) is 5.75 Å². The molecule has 1 aromatic carbocycles. The standard InChI is InChI=1S/C28H43O7PS/c1-8-10-11-12-21-16-24(29)26(23-15-20(7)13-14-22(23)18(3)4)25(17-21)33-27(30)28(37-9-2)35-36(31,32)34-19(5)6/h15-17,19,22-23,28-29H,3,8-14H2,1-2,4-7H3,(H,31,32)/t22-,23+,28?/m0/s1. The fraction of sp³-hybridized carbons (Fsp3) is 0.607. The summed E-state index contributed by atoms with van der Waals surface area (Å²) in [5.74, 6) is -0.225. The van der Waals surface area contributed by atoms with Gasteiger partial charge in [0.2, 0.25) is 5.44 Å². The second kappa shape index (κ2) is 14.5. The molecule has 2 rings (SSSR count). The predicted molar refractivity (Wildman–Crippen MR) is 150 cm³/mol. The van der Waals surface area contributed by atoms with E-state index in [9.17, 15) is 19.4 Å². The number of benzene rings is 1. The predicted octanol–water partition coefficient (Wildman–Crippen LogP) is 7.67. The molecule has 0 aliphatic heterocycles. The van der Waals surface area contributed by atoms with Crippen LogP contribution in [0.4, 0.5) is 0 Å². The van der Waals surface area contributed by atoms with E-state index in [0.29, 0.717) is 11.3 Å². The maximum Gasteiger partial charge on any atom is 0.474 e. The summed E-state index contributed by atoms with van der Waals surface area (Å²) in [4.78, 5) is 23.4. The first-order valence-electron chi connectivity index (χ1n) is 13.1. The van der Waals surface area contributed by atoms with Gasteiger partial charge < -0.3 is 14.7 Å². The lowest BCUT2D eigenvalue weighted by Crippen LogP contribution is -2.27. The molecule has 0 fully saturated rings. The highest BCUT2D eigenvalue weighted by Crippen LogP contribution is 2.49. The Morgan fingerprint density at radius 1 is 1.24 bits per heavy atom. The number of allylic oxidation sites excluding steroid dienone is 3. The van der Waals surface area contributed by atoms with Crippen LogP contribution in [0.1, 0.15) is 90.7 Å². The third-order valence-corrected chi connectivity index (χ3v) is 8.49. The Hall–Kier alpha value is -1.57. The van der Waals surface area contributed by atoms with E-state index in [2.05, 4.69) is 26.5 Å². The van der Waals surface area contributed by atoms with E-state index in [4.69, 9.17) is 13.8 Å². The van der Waals surface area contributed by atoms with E-state index in [1.807, 2.05) is 6.92 Å². The lowest BCUT2D eigenvalue weighted by molar-refractivity contribution is -0.139. The van der Waals surface area contributed by atoms with Crippen molar-refractivity contribution in [3.05, 3.63) is 47.1 Å². The number of phenols is 1. The highest BCUT2D eigenvalue weighted by Gasteiger charge is 2.36. The van der Waals surface area contributed by atoms with Gasteiger partial charge in [-0.05, 0) is 82.7 Å². The first kappa shape index (κ1) is 31.6. The van der Waals surface area contributed by atoms with Gasteiger partial charge >= 0.3 is 13.8 Å². The van der Waals surface area contributed by atoms with Crippen LogP contribution in [-0.4, -0.2) is 33.3 Å². The monoisotopic (exact) mass is 554 g/mol. The first-order chi connectivity index (χ1) is 17.4. The van der Waals surface area contributed by atoms with Crippen molar-refractivity contribution in [2.45, 2.75) is 97.5 Å². The van der Waals surface area contributed by atoms with Crippen molar-refractivity contribution in [3.8, 4) is 11.5 Å². The second-order valence-corrected chi connectivity index (χ2v) is 12.6. The first-order valence-corrected chi connectivity index (χ1v) is 15.6. The summed E-state index contributed by atoms with van der Waals surface area (Å²) in [5.41, 5.74) is 2.19. The molecule has 0 saturated heterocycles. The quantitative estimate of drug-likeness (QED) is 0.0603. The van der Waals surface area contributed by atoms with Crippen LogP contribution in [0.5, 0.6) is 11.5 Å². The highest BCUT2D eigenvalue weighted by molar-refractivity contribution is 8.00. The molecule has 0 saturated carbocycles. The summed E-state index contributed by atoms with van der Waals surface area (Å²) in [6.07, 6.45) is 7.14. The largest absolute Gasteiger partial charge is 0.507 e. The Labute approximate surface area is 226 Å². The number of phosphoric acid groups is 1. The van der Waals surface area contributed by atoms with Crippen molar-refractivity contribution >= 4 is 25.6 Å². The van der Waals surface area contributed by atoms with E-state index in [-0.39, 0.29) is 23.3 Å². The number of carbonyl (C=O) groups excluding carboxylic acids is 1. The highest BCUT2D eigenvalue weighted by atomic mass is 32.2. The van der Waals surface area contributed by atoms with Gasteiger partial charge in [-0.2, -0.15) is 0 Å². The molecule has 0 heterocycles. The van der Waals surface area contributed by atoms with Gasteiger partial charge in [0.15, 0.2) is 0 Å². The van der Waals surface area contributed by atoms with Crippen LogP contribution < -0.4 is 4.74 Å². The summed E-state index contributed by atoms with van der Waals surface area (Å²) in [7, 11) is -4.49. The summed E-state index contributed by atoms with van der Waals surface area (Å²) < 4.78 is 28.5. The number of aryl methyl sites for hydroxylation is 1. The van der Waals surface area contributed by atoms with E-state index in [1.165, 1.54) is 5.57 Å². The molecule has 0 aromatic heterocycles. The van der Waals surface area contributed by atoms with Crippen molar-refractivity contribution in [2.24, 2.45) is 5.92 Å². The molecule has 1 aromatic rings. The van der Waals surface area contributed by atoms with E-state index in [0.717, 1.165) is 61.4 Å². The molecule has 0 radical (unpaired) electrons. The second-order valence-electron chi connectivity index (χ2n) is 9.95. The smallest absolute Gasteiger partial charge is 0.474 e. The van der Waals surface area contributed by atoms with Crippen LogP contribution in [0, 0.1) is 5.92 Å². The van der Waals surface area contributed by atoms with Gasteiger partial charge in [0, 0.05) is 11.5 Å². The molecular weight excluding hydrogens is 511 g/mol. The Balaban J connectivity index is 2.50. The lowest BCUT2D eigenvalue weighted by atomic mass is 9.73. The Morgan fingerprint density at radius 3 is 2.54 bits per heavy atom. The Morgan fingerprint density at radius 2 is 1.95 bits per heavy atom. The fourth-order valence-corrected chi connectivity index (χ4v) is 6.55. The maximum atomic E-state index is 13.3. The molecule has 7 nitrogen and oxygen atoms in total. The van der Waals surface area contributed by atoms with E-state index >= 15 is 0 Å².